The number of rotatable bonds is 7. The number of hydrogen-bond acceptors (Lipinski definition) is 9. The topological polar surface area (TPSA) is 137 Å². The van der Waals surface area contributed by atoms with Gasteiger partial charge in [-0.3, -0.25) is 4.79 Å². The molecule has 4 atom stereocenters. The molecule has 1 amide bonds. The number of aliphatic hydroxyl groups excluding tert-OH is 1. The molecular formula is C24H23ClF2N4O7. The molecule has 3 fully saturated rings. The molecule has 0 spiro atoms. The van der Waals surface area contributed by atoms with Crippen LogP contribution in [0.5, 0.6) is 11.9 Å². The van der Waals surface area contributed by atoms with Gasteiger partial charge in [-0.25, -0.2) is 8.78 Å². The maximum absolute atomic E-state index is 14.7. The van der Waals surface area contributed by atoms with E-state index in [0.717, 1.165) is 12.1 Å². The minimum Gasteiger partial charge on any atom is -0.471 e. The zero-order chi connectivity index (χ0) is 26.6. The standard InChI is InChI=1S/C24H23ClF2N4O7/c1-24(8-34-9-24)31-21(33)10-2-13(26)11(14(27)3-10)5-37-22-12(25)4-15-20(29-22)30-23(28-15)38-17-7-36-18-16(32)6-35-19(17)18/h2-4,16-19,32H,5-9H2,1H3,(H,31,33)(H,28,29,30)/t16-,17-,18?,19-/m1/s1. The van der Waals surface area contributed by atoms with Gasteiger partial charge in [0, 0.05) is 5.56 Å². The first-order valence-electron chi connectivity index (χ1n) is 11.8. The summed E-state index contributed by atoms with van der Waals surface area (Å²) in [6.07, 6.45) is -2.07. The van der Waals surface area contributed by atoms with Crippen molar-refractivity contribution in [3.8, 4) is 11.9 Å². The quantitative estimate of drug-likeness (QED) is 0.401. The van der Waals surface area contributed by atoms with Crippen molar-refractivity contribution in [2.24, 2.45) is 0 Å². The van der Waals surface area contributed by atoms with Crippen LogP contribution in [0.4, 0.5) is 8.78 Å². The van der Waals surface area contributed by atoms with Crippen molar-refractivity contribution in [1.29, 1.82) is 0 Å². The molecule has 0 bridgehead atoms. The van der Waals surface area contributed by atoms with Gasteiger partial charge in [0.2, 0.25) is 5.88 Å². The van der Waals surface area contributed by atoms with Crippen LogP contribution in [0.1, 0.15) is 22.8 Å². The van der Waals surface area contributed by atoms with E-state index in [4.69, 9.17) is 35.3 Å². The number of amides is 1. The number of H-pyrrole nitrogens is 1. The molecule has 38 heavy (non-hydrogen) atoms. The zero-order valence-electron chi connectivity index (χ0n) is 20.0. The minimum atomic E-state index is -0.950. The average molecular weight is 553 g/mol. The molecule has 3 N–H and O–H groups in total. The lowest BCUT2D eigenvalue weighted by Gasteiger charge is -2.38. The molecule has 0 aliphatic carbocycles. The van der Waals surface area contributed by atoms with Crippen molar-refractivity contribution < 1.29 is 42.4 Å². The zero-order valence-corrected chi connectivity index (χ0v) is 20.8. The van der Waals surface area contributed by atoms with Crippen molar-refractivity contribution in [3.63, 3.8) is 0 Å². The van der Waals surface area contributed by atoms with Crippen molar-refractivity contribution in [1.82, 2.24) is 20.3 Å². The number of pyridine rings is 1. The van der Waals surface area contributed by atoms with Gasteiger partial charge in [-0.1, -0.05) is 11.6 Å². The van der Waals surface area contributed by atoms with Crippen LogP contribution in [0.3, 0.4) is 0 Å². The number of aromatic amines is 1. The molecule has 0 radical (unpaired) electrons. The van der Waals surface area contributed by atoms with Crippen molar-refractivity contribution in [2.75, 3.05) is 26.4 Å². The molecule has 14 heteroatoms. The summed E-state index contributed by atoms with van der Waals surface area (Å²) in [4.78, 5) is 23.8. The van der Waals surface area contributed by atoms with Crippen LogP contribution in [0.2, 0.25) is 5.02 Å². The van der Waals surface area contributed by atoms with Gasteiger partial charge in [-0.15, -0.1) is 0 Å². The monoisotopic (exact) mass is 552 g/mol. The maximum atomic E-state index is 14.7. The normalized spacial score (nSPS) is 25.7. The number of imidazole rings is 1. The van der Waals surface area contributed by atoms with E-state index in [2.05, 4.69) is 20.3 Å². The van der Waals surface area contributed by atoms with Gasteiger partial charge in [-0.05, 0) is 25.1 Å². The summed E-state index contributed by atoms with van der Waals surface area (Å²) >= 11 is 6.27. The van der Waals surface area contributed by atoms with Crippen molar-refractivity contribution >= 4 is 28.7 Å². The number of nitrogens with one attached hydrogen (secondary N) is 2. The first-order chi connectivity index (χ1) is 18.2. The Balaban J connectivity index is 1.14. The number of ether oxygens (including phenoxy) is 5. The summed E-state index contributed by atoms with van der Waals surface area (Å²) in [6.45, 7) is 2.28. The number of carbonyl (C=O) groups is 1. The second-order valence-electron chi connectivity index (χ2n) is 9.72. The van der Waals surface area contributed by atoms with Gasteiger partial charge in [0.1, 0.15) is 41.6 Å². The fourth-order valence-electron chi connectivity index (χ4n) is 4.56. The van der Waals surface area contributed by atoms with Gasteiger partial charge < -0.3 is 39.1 Å². The molecule has 1 unspecified atom stereocenters. The van der Waals surface area contributed by atoms with E-state index in [0.29, 0.717) is 18.7 Å². The second-order valence-corrected chi connectivity index (χ2v) is 10.1. The number of benzene rings is 1. The molecular weight excluding hydrogens is 530 g/mol. The summed E-state index contributed by atoms with van der Waals surface area (Å²) in [7, 11) is 0. The highest BCUT2D eigenvalue weighted by molar-refractivity contribution is 6.32. The first kappa shape index (κ1) is 25.2. The molecule has 3 aromatic rings. The van der Waals surface area contributed by atoms with Gasteiger partial charge in [0.05, 0.1) is 43.0 Å². The van der Waals surface area contributed by atoms with Crippen LogP contribution >= 0.6 is 11.6 Å². The molecule has 2 aromatic heterocycles. The second kappa shape index (κ2) is 9.58. The summed E-state index contributed by atoms with van der Waals surface area (Å²) in [5.74, 6) is -2.60. The predicted octanol–water partition coefficient (Wildman–Crippen LogP) is 1.89. The Morgan fingerprint density at radius 3 is 2.66 bits per heavy atom. The third-order valence-corrected chi connectivity index (χ3v) is 6.90. The Labute approximate surface area is 219 Å². The smallest absolute Gasteiger partial charge is 0.296 e. The van der Waals surface area contributed by atoms with Crippen LogP contribution in [-0.4, -0.2) is 82.3 Å². The molecule has 202 valence electrons. The van der Waals surface area contributed by atoms with Gasteiger partial charge in [-0.2, -0.15) is 9.97 Å². The first-order valence-corrected chi connectivity index (χ1v) is 12.2. The summed E-state index contributed by atoms with van der Waals surface area (Å²) in [5.41, 5.74) is -0.472. The Hall–Kier alpha value is -3.10. The lowest BCUT2D eigenvalue weighted by Crippen LogP contribution is -2.59. The summed E-state index contributed by atoms with van der Waals surface area (Å²) in [5, 5.41) is 12.7. The Morgan fingerprint density at radius 1 is 1.21 bits per heavy atom. The lowest BCUT2D eigenvalue weighted by atomic mass is 9.99. The van der Waals surface area contributed by atoms with E-state index in [1.54, 1.807) is 6.92 Å². The lowest BCUT2D eigenvalue weighted by molar-refractivity contribution is -0.0593. The molecule has 3 saturated heterocycles. The van der Waals surface area contributed by atoms with Crippen molar-refractivity contribution in [3.05, 3.63) is 46.0 Å². The predicted molar refractivity (Wildman–Crippen MR) is 126 cm³/mol. The molecule has 6 rings (SSSR count). The summed E-state index contributed by atoms with van der Waals surface area (Å²) in [6, 6.07) is 3.52. The molecule has 3 aliphatic heterocycles. The van der Waals surface area contributed by atoms with Gasteiger partial charge >= 0.3 is 0 Å². The van der Waals surface area contributed by atoms with E-state index in [1.807, 2.05) is 0 Å². The van der Waals surface area contributed by atoms with Crippen LogP contribution in [0.25, 0.3) is 11.2 Å². The number of halogens is 3. The number of fused-ring (bicyclic) bond motifs is 2. The number of aromatic nitrogens is 3. The number of nitrogens with zero attached hydrogens (tertiary/aromatic N) is 2. The van der Waals surface area contributed by atoms with Crippen molar-refractivity contribution in [2.45, 2.75) is 43.5 Å². The maximum Gasteiger partial charge on any atom is 0.296 e. The SMILES string of the molecule is CC1(NC(=O)c2cc(F)c(COc3nc4nc(O[C@@H]5COC6[C@H](O)CO[C@@H]65)[nH]c4cc3Cl)c(F)c2)COC1. The Bertz CT molecular complexity index is 1380. The minimum absolute atomic E-state index is 0.0759. The van der Waals surface area contributed by atoms with E-state index in [-0.39, 0.29) is 41.3 Å². The average Bonchev–Trinajstić information content (AvgIpc) is 3.54. The highest BCUT2D eigenvalue weighted by Gasteiger charge is 2.48. The molecule has 0 saturated carbocycles. The number of aliphatic hydroxyl groups is 1. The van der Waals surface area contributed by atoms with Crippen LogP contribution in [-0.2, 0) is 20.8 Å². The molecule has 5 heterocycles. The van der Waals surface area contributed by atoms with Gasteiger partial charge in [0.15, 0.2) is 11.8 Å². The Morgan fingerprint density at radius 2 is 1.95 bits per heavy atom. The third-order valence-electron chi connectivity index (χ3n) is 6.63. The van der Waals surface area contributed by atoms with Gasteiger partial charge in [0.25, 0.3) is 11.9 Å². The summed E-state index contributed by atoms with van der Waals surface area (Å²) < 4.78 is 57.0. The molecule has 1 aromatic carbocycles. The Kier molecular flexibility index (Phi) is 6.35. The van der Waals surface area contributed by atoms with E-state index in [1.165, 1.54) is 6.07 Å². The highest BCUT2D eigenvalue weighted by Crippen LogP contribution is 2.32. The third kappa shape index (κ3) is 4.64. The fourth-order valence-corrected chi connectivity index (χ4v) is 4.77. The van der Waals surface area contributed by atoms with Crippen LogP contribution in [0.15, 0.2) is 18.2 Å². The largest absolute Gasteiger partial charge is 0.471 e. The molecule has 11 nitrogen and oxygen atoms in total. The highest BCUT2D eigenvalue weighted by atomic mass is 35.5. The molecule has 3 aliphatic rings. The van der Waals surface area contributed by atoms with E-state index < -0.39 is 59.7 Å². The fraction of sp³-hybridized carbons (Fsp3) is 0.458. The van der Waals surface area contributed by atoms with E-state index in [9.17, 15) is 18.7 Å². The number of carbonyl (C=O) groups excluding carboxylic acids is 1. The van der Waals surface area contributed by atoms with Crippen LogP contribution < -0.4 is 14.8 Å². The van der Waals surface area contributed by atoms with E-state index >= 15 is 0 Å². The van der Waals surface area contributed by atoms with Crippen LogP contribution in [0, 0.1) is 11.6 Å². The number of hydrogen-bond donors (Lipinski definition) is 3.